The Labute approximate surface area is 52.8 Å². The monoisotopic (exact) mass is 118 g/mol. The van der Waals surface area contributed by atoms with E-state index in [1.807, 2.05) is 24.3 Å². The second-order valence-corrected chi connectivity index (χ2v) is 1.77. The summed E-state index contributed by atoms with van der Waals surface area (Å²) in [5.74, 6) is 0.789. The Morgan fingerprint density at radius 3 is 3.11 bits per heavy atom. The van der Waals surface area contributed by atoms with Crippen molar-refractivity contribution in [3.8, 4) is 5.75 Å². The summed E-state index contributed by atoms with van der Waals surface area (Å²) in [5.41, 5.74) is 0.859. The van der Waals surface area contributed by atoms with E-state index in [0.29, 0.717) is 0 Å². The minimum Gasteiger partial charge on any atom is -0.385 e. The van der Waals surface area contributed by atoms with Crippen LogP contribution in [0, 0.1) is 0 Å². The van der Waals surface area contributed by atoms with E-state index >= 15 is 0 Å². The van der Waals surface area contributed by atoms with Crippen LogP contribution in [0.5, 0.6) is 5.75 Å². The van der Waals surface area contributed by atoms with Crippen molar-refractivity contribution < 1.29 is 4.74 Å². The number of hydrogen-bond donors (Lipinski definition) is 0. The van der Waals surface area contributed by atoms with Crippen LogP contribution in [0.15, 0.2) is 24.3 Å². The lowest BCUT2D eigenvalue weighted by Gasteiger charge is -1.83. The van der Waals surface area contributed by atoms with Crippen molar-refractivity contribution in [3.63, 3.8) is 0 Å². The van der Waals surface area contributed by atoms with Crippen molar-refractivity contribution in [2.24, 2.45) is 0 Å². The van der Waals surface area contributed by atoms with Gasteiger partial charge in [0, 0.05) is 6.07 Å². The van der Waals surface area contributed by atoms with Crippen LogP contribution in [0.2, 0.25) is 0 Å². The molecule has 2 nitrogen and oxygen atoms in total. The third kappa shape index (κ3) is 0.598. The maximum atomic E-state index is 4.88. The van der Waals surface area contributed by atoms with Crippen molar-refractivity contribution in [2.45, 2.75) is 0 Å². The molecule has 0 fully saturated rings. The second-order valence-electron chi connectivity index (χ2n) is 1.77. The third-order valence-corrected chi connectivity index (χ3v) is 1.19. The Morgan fingerprint density at radius 2 is 2.22 bits per heavy atom. The molecule has 0 bridgehead atoms. The van der Waals surface area contributed by atoms with E-state index in [1.54, 1.807) is 0 Å². The normalized spacial score (nSPS) is 12.9. The zero-order valence-corrected chi connectivity index (χ0v) is 4.66. The molecule has 1 aliphatic heterocycles. The van der Waals surface area contributed by atoms with Gasteiger partial charge < -0.3 is 4.74 Å². The number of hydrogen-bond acceptors (Lipinski definition) is 2. The molecule has 1 aromatic rings. The lowest BCUT2D eigenvalue weighted by molar-refractivity contribution is 0.592. The fourth-order valence-corrected chi connectivity index (χ4v) is 0.757. The van der Waals surface area contributed by atoms with Gasteiger partial charge in [0.25, 0.3) is 0 Å². The van der Waals surface area contributed by atoms with E-state index < -0.39 is 0 Å². The van der Waals surface area contributed by atoms with Crippen LogP contribution in [0.1, 0.15) is 0 Å². The molecule has 2 heteroatoms. The molecule has 0 spiro atoms. The average molecular weight is 118 g/mol. The van der Waals surface area contributed by atoms with Gasteiger partial charge in [-0.3, -0.25) is 0 Å². The molecule has 0 saturated carbocycles. The molecule has 42 valence electrons. The van der Waals surface area contributed by atoms with Crippen LogP contribution in [0.25, 0.3) is 0 Å². The maximum absolute atomic E-state index is 4.88. The van der Waals surface area contributed by atoms with E-state index in [1.165, 1.54) is 0 Å². The molecule has 0 atom stereocenters. The average Bonchev–Trinajstić information content (AvgIpc) is 2.33. The summed E-state index contributed by atoms with van der Waals surface area (Å²) in [4.78, 5) is 3.83. The fourth-order valence-electron chi connectivity index (χ4n) is 0.757. The predicted molar refractivity (Wildman–Crippen MR) is 33.9 cm³/mol. The number of aliphatic imine (C=N–C) groups is 1. The summed E-state index contributed by atoms with van der Waals surface area (Å²) in [6, 6.07) is 7.56. The lowest BCUT2D eigenvalue weighted by Crippen LogP contribution is -1.81. The van der Waals surface area contributed by atoms with E-state index in [4.69, 9.17) is 4.74 Å². The molecule has 1 heterocycles. The Bertz CT molecular complexity index is 255. The molecule has 2 rings (SSSR count). The van der Waals surface area contributed by atoms with Crippen LogP contribution < -0.4 is 9.73 Å². The number of ether oxygens (including phenoxy) is 1. The molecule has 0 amide bonds. The number of nitrogens with zero attached hydrogens (tertiary/aromatic N) is 1. The molecule has 0 aliphatic carbocycles. The van der Waals surface area contributed by atoms with Crippen molar-refractivity contribution in [2.75, 3.05) is 0 Å². The summed E-state index contributed by atoms with van der Waals surface area (Å²) < 4.78 is 4.88. The first-order chi connectivity index (χ1) is 4.47. The largest absolute Gasteiger partial charge is 0.562 e. The zero-order chi connectivity index (χ0) is 6.10. The summed E-state index contributed by atoms with van der Waals surface area (Å²) >= 11 is 0. The van der Waals surface area contributed by atoms with Crippen molar-refractivity contribution >= 4 is 12.1 Å². The Kier molecular flexibility index (Phi) is 0.803. The van der Waals surface area contributed by atoms with E-state index in [2.05, 4.69) is 11.4 Å². The number of para-hydroxylation sites is 2. The highest BCUT2D eigenvalue weighted by molar-refractivity contribution is 5.68. The van der Waals surface area contributed by atoms with Crippen LogP contribution in [-0.4, -0.2) is 6.40 Å². The third-order valence-electron chi connectivity index (χ3n) is 1.19. The molecule has 1 aromatic carbocycles. The van der Waals surface area contributed by atoms with Crippen molar-refractivity contribution in [1.29, 1.82) is 0 Å². The maximum Gasteiger partial charge on any atom is 0.562 e. The SMILES string of the molecule is [C]1=[N+]c2ccccc2O1. The molecule has 2 radical (unpaired) electrons. The van der Waals surface area contributed by atoms with Gasteiger partial charge in [0.1, 0.15) is 4.99 Å². The molecule has 0 saturated heterocycles. The topological polar surface area (TPSA) is 23.3 Å². The zero-order valence-electron chi connectivity index (χ0n) is 4.66. The van der Waals surface area contributed by atoms with Crippen LogP contribution in [0.4, 0.5) is 5.69 Å². The van der Waals surface area contributed by atoms with Gasteiger partial charge in [-0.25, -0.2) is 0 Å². The van der Waals surface area contributed by atoms with Gasteiger partial charge in [0.15, 0.2) is 0 Å². The van der Waals surface area contributed by atoms with Gasteiger partial charge in [-0.2, -0.15) is 0 Å². The lowest BCUT2D eigenvalue weighted by atomic mass is 10.3. The minimum absolute atomic E-state index is 0.789. The molecule has 0 aromatic heterocycles. The first-order valence-electron chi connectivity index (χ1n) is 2.68. The molecule has 1 aliphatic rings. The van der Waals surface area contributed by atoms with E-state index in [0.717, 1.165) is 11.4 Å². The summed E-state index contributed by atoms with van der Waals surface area (Å²) in [6.45, 7) is 0. The minimum atomic E-state index is 0.789. The van der Waals surface area contributed by atoms with Gasteiger partial charge in [0.2, 0.25) is 5.75 Å². The van der Waals surface area contributed by atoms with Crippen LogP contribution in [0.3, 0.4) is 0 Å². The Balaban J connectivity index is 2.63. The number of rotatable bonds is 0. The quantitative estimate of drug-likeness (QED) is 0.497. The fraction of sp³-hybridized carbons (Fsp3) is 0. The second kappa shape index (κ2) is 1.58. The summed E-state index contributed by atoms with van der Waals surface area (Å²) in [5, 5.41) is 0. The Hall–Kier alpha value is -1.31. The highest BCUT2D eigenvalue weighted by Crippen LogP contribution is 2.24. The van der Waals surface area contributed by atoms with Gasteiger partial charge in [-0.05, 0) is 6.07 Å². The molecule has 9 heavy (non-hydrogen) atoms. The first-order valence-corrected chi connectivity index (χ1v) is 2.68. The number of fused-ring (bicyclic) bond motifs is 1. The predicted octanol–water partition coefficient (Wildman–Crippen LogP) is 0.952. The van der Waals surface area contributed by atoms with Gasteiger partial charge in [-0.1, -0.05) is 12.1 Å². The summed E-state index contributed by atoms with van der Waals surface area (Å²) in [6.07, 6.45) is 2.41. The first kappa shape index (κ1) is 4.56. The number of benzene rings is 1. The van der Waals surface area contributed by atoms with Crippen molar-refractivity contribution in [3.05, 3.63) is 24.3 Å². The standard InChI is InChI=1S/C7H4NO/c1-2-4-7-6(3-1)8-5-9-7/h1-4H/q+1. The summed E-state index contributed by atoms with van der Waals surface area (Å²) in [7, 11) is 0. The molecule has 0 N–H and O–H groups in total. The van der Waals surface area contributed by atoms with Gasteiger partial charge in [-0.15, -0.1) is 0 Å². The Morgan fingerprint density at radius 1 is 1.33 bits per heavy atom. The van der Waals surface area contributed by atoms with Crippen LogP contribution >= 0.6 is 0 Å². The highest BCUT2D eigenvalue weighted by Gasteiger charge is 2.19. The van der Waals surface area contributed by atoms with E-state index in [9.17, 15) is 0 Å². The van der Waals surface area contributed by atoms with E-state index in [-0.39, 0.29) is 0 Å². The van der Waals surface area contributed by atoms with Gasteiger partial charge in [0.05, 0.1) is 0 Å². The molecule has 0 unspecified atom stereocenters. The van der Waals surface area contributed by atoms with Crippen LogP contribution in [-0.2, 0) is 0 Å². The highest BCUT2D eigenvalue weighted by atomic mass is 16.5. The molecular weight excluding hydrogens is 114 g/mol. The van der Waals surface area contributed by atoms with Crippen molar-refractivity contribution in [1.82, 2.24) is 4.99 Å². The molecular formula is C7H4NO+. The van der Waals surface area contributed by atoms with Gasteiger partial charge >= 0.3 is 12.1 Å². The smallest absolute Gasteiger partial charge is 0.385 e.